The van der Waals surface area contributed by atoms with Crippen LogP contribution in [0.5, 0.6) is 0 Å². The van der Waals surface area contributed by atoms with E-state index < -0.39 is 5.79 Å². The predicted molar refractivity (Wildman–Crippen MR) is 44.9 cm³/mol. The molecule has 4 heteroatoms. The molecule has 0 bridgehead atoms. The second kappa shape index (κ2) is 4.77. The summed E-state index contributed by atoms with van der Waals surface area (Å²) in [6, 6.07) is 0. The van der Waals surface area contributed by atoms with E-state index in [0.29, 0.717) is 19.8 Å². The Morgan fingerprint density at radius 3 is 2.58 bits per heavy atom. The van der Waals surface area contributed by atoms with Gasteiger partial charge >= 0.3 is 0 Å². The van der Waals surface area contributed by atoms with Gasteiger partial charge in [0.15, 0.2) is 5.79 Å². The zero-order valence-electron chi connectivity index (χ0n) is 7.51. The molecule has 0 unspecified atom stereocenters. The molecule has 0 spiro atoms. The minimum atomic E-state index is -0.400. The Balaban J connectivity index is 2.05. The third-order valence-corrected chi connectivity index (χ3v) is 1.94. The van der Waals surface area contributed by atoms with Crippen molar-refractivity contribution in [1.82, 2.24) is 5.32 Å². The first kappa shape index (κ1) is 9.92. The second-order valence-corrected chi connectivity index (χ2v) is 3.05. The van der Waals surface area contributed by atoms with E-state index in [1.807, 2.05) is 6.92 Å². The first-order valence-electron chi connectivity index (χ1n) is 4.36. The van der Waals surface area contributed by atoms with Crippen molar-refractivity contribution >= 4 is 0 Å². The van der Waals surface area contributed by atoms with Gasteiger partial charge in [-0.25, -0.2) is 0 Å². The van der Waals surface area contributed by atoms with E-state index in [4.69, 9.17) is 14.6 Å². The summed E-state index contributed by atoms with van der Waals surface area (Å²) < 4.78 is 10.8. The molecule has 1 fully saturated rings. The van der Waals surface area contributed by atoms with Crippen LogP contribution in [0.4, 0.5) is 0 Å². The van der Waals surface area contributed by atoms with Gasteiger partial charge in [-0.05, 0) is 6.92 Å². The van der Waals surface area contributed by atoms with Crippen molar-refractivity contribution in [2.24, 2.45) is 0 Å². The Bertz CT molecular complexity index is 123. The largest absolute Gasteiger partial charge is 0.395 e. The fraction of sp³-hybridized carbons (Fsp3) is 1.00. The Kier molecular flexibility index (Phi) is 3.94. The predicted octanol–water partition coefficient (Wildman–Crippen LogP) is -0.279. The highest BCUT2D eigenvalue weighted by molar-refractivity contribution is 4.69. The van der Waals surface area contributed by atoms with Crippen molar-refractivity contribution in [2.45, 2.75) is 19.1 Å². The van der Waals surface area contributed by atoms with Crippen LogP contribution in [0.25, 0.3) is 0 Å². The maximum atomic E-state index is 8.50. The van der Waals surface area contributed by atoms with Crippen LogP contribution in [0.3, 0.4) is 0 Å². The van der Waals surface area contributed by atoms with Crippen LogP contribution >= 0.6 is 0 Å². The van der Waals surface area contributed by atoms with Crippen LogP contribution < -0.4 is 5.32 Å². The third-order valence-electron chi connectivity index (χ3n) is 1.94. The summed E-state index contributed by atoms with van der Waals surface area (Å²) in [5, 5.41) is 11.6. The number of aliphatic hydroxyl groups excluding tert-OH is 1. The van der Waals surface area contributed by atoms with Gasteiger partial charge in [0, 0.05) is 19.5 Å². The van der Waals surface area contributed by atoms with Crippen LogP contribution in [0.15, 0.2) is 0 Å². The summed E-state index contributed by atoms with van der Waals surface area (Å²) in [6.07, 6.45) is 0.826. The summed E-state index contributed by atoms with van der Waals surface area (Å²) in [7, 11) is 0. The van der Waals surface area contributed by atoms with Crippen molar-refractivity contribution in [3.05, 3.63) is 0 Å². The van der Waals surface area contributed by atoms with Crippen LogP contribution in [0.2, 0.25) is 0 Å². The molecule has 1 heterocycles. The Labute approximate surface area is 72.9 Å². The number of ether oxygens (including phenoxy) is 2. The van der Waals surface area contributed by atoms with Crippen molar-refractivity contribution in [2.75, 3.05) is 32.9 Å². The van der Waals surface area contributed by atoms with E-state index >= 15 is 0 Å². The molecule has 72 valence electrons. The van der Waals surface area contributed by atoms with Gasteiger partial charge in [-0.3, -0.25) is 0 Å². The zero-order chi connectivity index (χ0) is 8.86. The molecule has 1 aliphatic rings. The van der Waals surface area contributed by atoms with Gasteiger partial charge in [0.25, 0.3) is 0 Å². The SMILES string of the molecule is CC1(CCNCCO)OCCO1. The van der Waals surface area contributed by atoms with Gasteiger partial charge in [0.1, 0.15) is 0 Å². The fourth-order valence-corrected chi connectivity index (χ4v) is 1.22. The van der Waals surface area contributed by atoms with Gasteiger partial charge < -0.3 is 19.9 Å². The summed E-state index contributed by atoms with van der Waals surface area (Å²) in [5.74, 6) is -0.400. The fourth-order valence-electron chi connectivity index (χ4n) is 1.22. The highest BCUT2D eigenvalue weighted by Gasteiger charge is 2.29. The Morgan fingerprint density at radius 1 is 1.33 bits per heavy atom. The molecule has 0 saturated carbocycles. The molecule has 0 aliphatic carbocycles. The molecule has 0 aromatic rings. The summed E-state index contributed by atoms with van der Waals surface area (Å²) in [4.78, 5) is 0. The van der Waals surface area contributed by atoms with Crippen molar-refractivity contribution in [3.63, 3.8) is 0 Å². The van der Waals surface area contributed by atoms with E-state index in [1.165, 1.54) is 0 Å². The molecule has 12 heavy (non-hydrogen) atoms. The first-order valence-corrected chi connectivity index (χ1v) is 4.36. The molecule has 1 saturated heterocycles. The Morgan fingerprint density at radius 2 is 2.00 bits per heavy atom. The van der Waals surface area contributed by atoms with Crippen LogP contribution in [-0.4, -0.2) is 43.8 Å². The molecular weight excluding hydrogens is 158 g/mol. The summed E-state index contributed by atoms with van der Waals surface area (Å²) in [5.41, 5.74) is 0. The zero-order valence-corrected chi connectivity index (χ0v) is 7.51. The quantitative estimate of drug-likeness (QED) is 0.564. The molecule has 0 radical (unpaired) electrons. The van der Waals surface area contributed by atoms with Crippen molar-refractivity contribution < 1.29 is 14.6 Å². The van der Waals surface area contributed by atoms with Crippen LogP contribution in [0, 0.1) is 0 Å². The normalized spacial score (nSPS) is 21.5. The minimum absolute atomic E-state index is 0.179. The lowest BCUT2D eigenvalue weighted by atomic mass is 10.2. The maximum Gasteiger partial charge on any atom is 0.166 e. The molecule has 1 rings (SSSR count). The number of rotatable bonds is 5. The number of aliphatic hydroxyl groups is 1. The van der Waals surface area contributed by atoms with E-state index in [9.17, 15) is 0 Å². The minimum Gasteiger partial charge on any atom is -0.395 e. The third kappa shape index (κ3) is 3.06. The molecular formula is C8H17NO3. The number of nitrogens with one attached hydrogen (secondary N) is 1. The Hall–Kier alpha value is -0.160. The van der Waals surface area contributed by atoms with E-state index in [0.717, 1.165) is 13.0 Å². The van der Waals surface area contributed by atoms with Gasteiger partial charge in [0.2, 0.25) is 0 Å². The number of hydrogen-bond acceptors (Lipinski definition) is 4. The van der Waals surface area contributed by atoms with E-state index in [2.05, 4.69) is 5.32 Å². The van der Waals surface area contributed by atoms with Gasteiger partial charge in [-0.15, -0.1) is 0 Å². The average Bonchev–Trinajstić information content (AvgIpc) is 2.47. The topological polar surface area (TPSA) is 50.7 Å². The highest BCUT2D eigenvalue weighted by atomic mass is 16.7. The molecule has 4 nitrogen and oxygen atoms in total. The van der Waals surface area contributed by atoms with Crippen molar-refractivity contribution in [1.29, 1.82) is 0 Å². The maximum absolute atomic E-state index is 8.50. The number of hydrogen-bond donors (Lipinski definition) is 2. The standard InChI is InChI=1S/C8H17NO3/c1-8(11-6-7-12-8)2-3-9-4-5-10/h9-10H,2-7H2,1H3. The lowest BCUT2D eigenvalue weighted by molar-refractivity contribution is -0.145. The monoisotopic (exact) mass is 175 g/mol. The van der Waals surface area contributed by atoms with Gasteiger partial charge in [0.05, 0.1) is 19.8 Å². The smallest absolute Gasteiger partial charge is 0.166 e. The molecule has 0 aromatic carbocycles. The molecule has 2 N–H and O–H groups in total. The summed E-state index contributed by atoms with van der Waals surface area (Å²) >= 11 is 0. The second-order valence-electron chi connectivity index (χ2n) is 3.05. The lowest BCUT2D eigenvalue weighted by Gasteiger charge is -2.21. The molecule has 0 amide bonds. The van der Waals surface area contributed by atoms with Gasteiger partial charge in [-0.2, -0.15) is 0 Å². The molecule has 0 aromatic heterocycles. The van der Waals surface area contributed by atoms with Crippen LogP contribution in [-0.2, 0) is 9.47 Å². The van der Waals surface area contributed by atoms with E-state index in [1.54, 1.807) is 0 Å². The molecule has 1 aliphatic heterocycles. The highest BCUT2D eigenvalue weighted by Crippen LogP contribution is 2.21. The van der Waals surface area contributed by atoms with Crippen molar-refractivity contribution in [3.8, 4) is 0 Å². The van der Waals surface area contributed by atoms with Crippen LogP contribution in [0.1, 0.15) is 13.3 Å². The van der Waals surface area contributed by atoms with Gasteiger partial charge in [-0.1, -0.05) is 0 Å². The summed E-state index contributed by atoms with van der Waals surface area (Å²) in [6.45, 7) is 4.96. The average molecular weight is 175 g/mol. The first-order chi connectivity index (χ1) is 5.77. The molecule has 0 atom stereocenters. The van der Waals surface area contributed by atoms with E-state index in [-0.39, 0.29) is 6.61 Å². The lowest BCUT2D eigenvalue weighted by Crippen LogP contribution is -2.31.